The molecule has 27 heavy (non-hydrogen) atoms. The van der Waals surface area contributed by atoms with Gasteiger partial charge in [0.25, 0.3) is 0 Å². The molecule has 3 aromatic rings. The van der Waals surface area contributed by atoms with Gasteiger partial charge in [-0.05, 0) is 29.8 Å². The zero-order valence-electron chi connectivity index (χ0n) is 15.0. The summed E-state index contributed by atoms with van der Waals surface area (Å²) in [5, 5.41) is 11.5. The van der Waals surface area contributed by atoms with Crippen LogP contribution in [0.5, 0.6) is 5.75 Å². The normalized spacial score (nSPS) is 10.6. The van der Waals surface area contributed by atoms with E-state index in [9.17, 15) is 9.18 Å². The Bertz CT molecular complexity index is 928. The van der Waals surface area contributed by atoms with E-state index >= 15 is 0 Å². The van der Waals surface area contributed by atoms with Gasteiger partial charge in [0.05, 0.1) is 18.4 Å². The first-order valence-electron chi connectivity index (χ1n) is 8.25. The van der Waals surface area contributed by atoms with Crippen LogP contribution in [0.2, 0.25) is 0 Å². The fraction of sp³-hybridized carbons (Fsp3) is 0.211. The third-order valence-electron chi connectivity index (χ3n) is 3.93. The Morgan fingerprint density at radius 2 is 1.93 bits per heavy atom. The highest BCUT2D eigenvalue weighted by atomic mass is 32.2. The van der Waals surface area contributed by atoms with Crippen LogP contribution in [0.15, 0.2) is 53.7 Å². The average molecular weight is 386 g/mol. The number of halogens is 1. The van der Waals surface area contributed by atoms with Gasteiger partial charge in [0.1, 0.15) is 11.6 Å². The van der Waals surface area contributed by atoms with E-state index in [1.165, 1.54) is 17.8 Å². The molecule has 1 N–H and O–H groups in total. The number of hydrogen-bond acceptors (Lipinski definition) is 5. The zero-order valence-corrected chi connectivity index (χ0v) is 15.8. The fourth-order valence-electron chi connectivity index (χ4n) is 2.44. The number of carbonyl (C=O) groups is 1. The van der Waals surface area contributed by atoms with E-state index in [4.69, 9.17) is 4.74 Å². The lowest BCUT2D eigenvalue weighted by molar-refractivity contribution is -0.118. The van der Waals surface area contributed by atoms with E-state index in [1.54, 1.807) is 36.9 Å². The number of nitrogens with zero attached hydrogens (tertiary/aromatic N) is 3. The van der Waals surface area contributed by atoms with Crippen molar-refractivity contribution in [2.24, 2.45) is 7.05 Å². The monoisotopic (exact) mass is 386 g/mol. The molecule has 0 unspecified atom stereocenters. The minimum Gasteiger partial charge on any atom is -0.497 e. The highest BCUT2D eigenvalue weighted by Crippen LogP contribution is 2.24. The van der Waals surface area contributed by atoms with Crippen molar-refractivity contribution < 1.29 is 13.9 Å². The van der Waals surface area contributed by atoms with Gasteiger partial charge in [-0.3, -0.25) is 4.79 Å². The molecule has 0 saturated carbocycles. The minimum absolute atomic E-state index is 0.119. The minimum atomic E-state index is -0.359. The van der Waals surface area contributed by atoms with Crippen molar-refractivity contribution in [2.75, 3.05) is 12.9 Å². The first-order chi connectivity index (χ1) is 13.1. The van der Waals surface area contributed by atoms with Crippen LogP contribution in [0.1, 0.15) is 5.56 Å². The van der Waals surface area contributed by atoms with Gasteiger partial charge in [0.15, 0.2) is 11.0 Å². The second kappa shape index (κ2) is 8.68. The molecule has 0 bridgehead atoms. The number of hydrogen-bond donors (Lipinski definition) is 1. The molecular formula is C19H19FN4O2S. The molecule has 0 fully saturated rings. The summed E-state index contributed by atoms with van der Waals surface area (Å²) in [5.74, 6) is 0.912. The van der Waals surface area contributed by atoms with Crippen molar-refractivity contribution in [1.82, 2.24) is 20.1 Å². The van der Waals surface area contributed by atoms with Crippen LogP contribution in [0, 0.1) is 5.82 Å². The second-order valence-electron chi connectivity index (χ2n) is 5.76. The Labute approximate surface area is 160 Å². The lowest BCUT2D eigenvalue weighted by Crippen LogP contribution is -2.24. The quantitative estimate of drug-likeness (QED) is 0.632. The highest BCUT2D eigenvalue weighted by molar-refractivity contribution is 7.99. The molecule has 0 radical (unpaired) electrons. The summed E-state index contributed by atoms with van der Waals surface area (Å²) in [4.78, 5) is 12.1. The number of carbonyl (C=O) groups excluding carboxylic acids is 1. The zero-order chi connectivity index (χ0) is 19.2. The maximum Gasteiger partial charge on any atom is 0.230 e. The van der Waals surface area contributed by atoms with Gasteiger partial charge in [-0.1, -0.05) is 36.0 Å². The predicted molar refractivity (Wildman–Crippen MR) is 102 cm³/mol. The van der Waals surface area contributed by atoms with Gasteiger partial charge >= 0.3 is 0 Å². The Hall–Kier alpha value is -2.87. The van der Waals surface area contributed by atoms with Gasteiger partial charge in [0.2, 0.25) is 5.91 Å². The molecule has 1 aromatic heterocycles. The molecule has 1 heterocycles. The van der Waals surface area contributed by atoms with Gasteiger partial charge in [-0.2, -0.15) is 0 Å². The molecule has 8 heteroatoms. The second-order valence-corrected chi connectivity index (χ2v) is 6.70. The Kier molecular flexibility index (Phi) is 6.08. The standard InChI is InChI=1S/C19H19FN4O2S/c1-24-18(15-5-3-4-6-16(15)20)22-23-19(24)27-12-17(25)21-11-13-7-9-14(26-2)10-8-13/h3-10H,11-12H2,1-2H3,(H,21,25). The number of rotatable bonds is 7. The van der Waals surface area contributed by atoms with E-state index < -0.39 is 0 Å². The number of aromatic nitrogens is 3. The molecule has 0 atom stereocenters. The summed E-state index contributed by atoms with van der Waals surface area (Å²) < 4.78 is 20.7. The summed E-state index contributed by atoms with van der Waals surface area (Å²) in [6.45, 7) is 0.433. The molecular weight excluding hydrogens is 367 g/mol. The highest BCUT2D eigenvalue weighted by Gasteiger charge is 2.15. The summed E-state index contributed by atoms with van der Waals surface area (Å²) in [6, 6.07) is 13.9. The van der Waals surface area contributed by atoms with Crippen molar-refractivity contribution in [3.8, 4) is 17.1 Å². The maximum absolute atomic E-state index is 13.9. The third-order valence-corrected chi connectivity index (χ3v) is 4.95. The van der Waals surface area contributed by atoms with Crippen LogP contribution in [-0.4, -0.2) is 33.5 Å². The summed E-state index contributed by atoms with van der Waals surface area (Å²) in [6.07, 6.45) is 0. The number of ether oxygens (including phenoxy) is 1. The number of methoxy groups -OCH3 is 1. The van der Waals surface area contributed by atoms with Crippen molar-refractivity contribution in [3.63, 3.8) is 0 Å². The van der Waals surface area contributed by atoms with Crippen molar-refractivity contribution in [1.29, 1.82) is 0 Å². The van der Waals surface area contributed by atoms with Crippen LogP contribution >= 0.6 is 11.8 Å². The maximum atomic E-state index is 13.9. The average Bonchev–Trinajstić information content (AvgIpc) is 3.06. The molecule has 1 amide bonds. The van der Waals surface area contributed by atoms with Gasteiger partial charge in [0, 0.05) is 13.6 Å². The molecule has 0 aliphatic heterocycles. The lowest BCUT2D eigenvalue weighted by Gasteiger charge is -2.07. The molecule has 0 aliphatic carbocycles. The number of thioether (sulfide) groups is 1. The molecule has 6 nitrogen and oxygen atoms in total. The van der Waals surface area contributed by atoms with Crippen LogP contribution in [0.25, 0.3) is 11.4 Å². The van der Waals surface area contributed by atoms with Gasteiger partial charge in [-0.15, -0.1) is 10.2 Å². The van der Waals surface area contributed by atoms with Gasteiger partial charge in [-0.25, -0.2) is 4.39 Å². The van der Waals surface area contributed by atoms with Crippen molar-refractivity contribution in [3.05, 3.63) is 59.9 Å². The van der Waals surface area contributed by atoms with E-state index in [-0.39, 0.29) is 17.5 Å². The molecule has 140 valence electrons. The third kappa shape index (κ3) is 4.65. The van der Waals surface area contributed by atoms with Crippen molar-refractivity contribution >= 4 is 17.7 Å². The molecule has 0 spiro atoms. The smallest absolute Gasteiger partial charge is 0.230 e. The first-order valence-corrected chi connectivity index (χ1v) is 9.23. The first kappa shape index (κ1) is 18.9. The number of nitrogens with one attached hydrogen (secondary N) is 1. The molecule has 3 rings (SSSR count). The fourth-order valence-corrected chi connectivity index (χ4v) is 3.18. The van der Waals surface area contributed by atoms with Crippen LogP contribution < -0.4 is 10.1 Å². The van der Waals surface area contributed by atoms with E-state index in [2.05, 4.69) is 15.5 Å². The number of amides is 1. The van der Waals surface area contributed by atoms with E-state index in [1.807, 2.05) is 24.3 Å². The predicted octanol–water partition coefficient (Wildman–Crippen LogP) is 3.04. The lowest BCUT2D eigenvalue weighted by atomic mass is 10.2. The Morgan fingerprint density at radius 3 is 2.63 bits per heavy atom. The summed E-state index contributed by atoms with van der Waals surface area (Å²) >= 11 is 1.25. The number of benzene rings is 2. The van der Waals surface area contributed by atoms with Crippen LogP contribution in [-0.2, 0) is 18.4 Å². The Balaban J connectivity index is 1.55. The van der Waals surface area contributed by atoms with E-state index in [0.717, 1.165) is 11.3 Å². The molecule has 0 saturated heterocycles. The molecule has 0 aliphatic rings. The van der Waals surface area contributed by atoms with Crippen molar-refractivity contribution in [2.45, 2.75) is 11.7 Å². The summed E-state index contributed by atoms with van der Waals surface area (Å²) in [7, 11) is 3.36. The topological polar surface area (TPSA) is 69.0 Å². The van der Waals surface area contributed by atoms with Crippen LogP contribution in [0.4, 0.5) is 4.39 Å². The SMILES string of the molecule is COc1ccc(CNC(=O)CSc2nnc(-c3ccccc3F)n2C)cc1. The largest absolute Gasteiger partial charge is 0.497 e. The summed E-state index contributed by atoms with van der Waals surface area (Å²) in [5.41, 5.74) is 1.36. The van der Waals surface area contributed by atoms with Gasteiger partial charge < -0.3 is 14.6 Å². The Morgan fingerprint density at radius 1 is 1.19 bits per heavy atom. The van der Waals surface area contributed by atoms with E-state index in [0.29, 0.717) is 23.1 Å². The van der Waals surface area contributed by atoms with Crippen LogP contribution in [0.3, 0.4) is 0 Å². The molecule has 2 aromatic carbocycles.